The Bertz CT molecular complexity index is 772. The van der Waals surface area contributed by atoms with Crippen LogP contribution in [0.1, 0.15) is 5.56 Å². The number of hydrogen-bond donors (Lipinski definition) is 1. The first kappa shape index (κ1) is 19.2. The van der Waals surface area contributed by atoms with Gasteiger partial charge in [-0.1, -0.05) is 23.7 Å². The van der Waals surface area contributed by atoms with Crippen molar-refractivity contribution in [3.63, 3.8) is 0 Å². The van der Waals surface area contributed by atoms with Crippen LogP contribution in [0.25, 0.3) is 0 Å². The third-order valence-electron chi connectivity index (χ3n) is 4.14. The van der Waals surface area contributed by atoms with Crippen LogP contribution in [-0.2, 0) is 20.7 Å². The number of rotatable bonds is 6. The van der Waals surface area contributed by atoms with E-state index in [0.29, 0.717) is 49.2 Å². The van der Waals surface area contributed by atoms with E-state index in [4.69, 9.17) is 21.1 Å². The molecule has 0 atom stereocenters. The van der Waals surface area contributed by atoms with Crippen molar-refractivity contribution in [2.75, 3.05) is 38.2 Å². The number of nitrogens with one attached hydrogen (secondary N) is 1. The molecule has 1 N–H and O–H groups in total. The predicted molar refractivity (Wildman–Crippen MR) is 103 cm³/mol. The molecule has 1 fully saturated rings. The van der Waals surface area contributed by atoms with Gasteiger partial charge in [-0.3, -0.25) is 9.59 Å². The smallest absolute Gasteiger partial charge is 0.262 e. The molecule has 1 heterocycles. The number of carbonyl (C=O) groups excluding carboxylic acids is 2. The molecule has 0 spiro atoms. The molecule has 0 saturated carbocycles. The van der Waals surface area contributed by atoms with Crippen LogP contribution in [0.15, 0.2) is 48.5 Å². The Morgan fingerprint density at radius 1 is 1.04 bits per heavy atom. The molecule has 2 amide bonds. The maximum atomic E-state index is 12.2. The van der Waals surface area contributed by atoms with Crippen molar-refractivity contribution in [2.45, 2.75) is 6.42 Å². The van der Waals surface area contributed by atoms with E-state index in [9.17, 15) is 9.59 Å². The van der Waals surface area contributed by atoms with E-state index in [1.165, 1.54) is 0 Å². The molecule has 0 aliphatic carbocycles. The molecule has 0 aromatic heterocycles. The zero-order valence-corrected chi connectivity index (χ0v) is 15.6. The van der Waals surface area contributed by atoms with Crippen LogP contribution in [0, 0.1) is 0 Å². The normalized spacial score (nSPS) is 13.9. The fraction of sp³-hybridized carbons (Fsp3) is 0.300. The Morgan fingerprint density at radius 3 is 2.37 bits per heavy atom. The van der Waals surface area contributed by atoms with E-state index < -0.39 is 0 Å². The van der Waals surface area contributed by atoms with Gasteiger partial charge in [0.1, 0.15) is 5.75 Å². The molecule has 3 rings (SSSR count). The zero-order valence-electron chi connectivity index (χ0n) is 14.8. The standard InChI is InChI=1S/C20H21ClN2O4/c21-16-3-7-18(8-4-16)27-14-19(24)22-17-5-1-15(2-6-17)13-20(25)23-9-11-26-12-10-23/h1-8H,9-14H2,(H,22,24). The van der Waals surface area contributed by atoms with Gasteiger partial charge in [0.15, 0.2) is 6.61 Å². The average molecular weight is 389 g/mol. The molecule has 142 valence electrons. The van der Waals surface area contributed by atoms with Crippen molar-refractivity contribution in [2.24, 2.45) is 0 Å². The van der Waals surface area contributed by atoms with Crippen molar-refractivity contribution in [3.05, 3.63) is 59.1 Å². The molecule has 2 aromatic rings. The van der Waals surface area contributed by atoms with E-state index in [0.717, 1.165) is 5.56 Å². The summed E-state index contributed by atoms with van der Waals surface area (Å²) in [5.74, 6) is 0.403. The minimum Gasteiger partial charge on any atom is -0.484 e. The number of amides is 2. The van der Waals surface area contributed by atoms with E-state index in [1.54, 1.807) is 36.4 Å². The summed E-state index contributed by atoms with van der Waals surface area (Å²) in [5.41, 5.74) is 1.56. The number of ether oxygens (including phenoxy) is 2. The third-order valence-corrected chi connectivity index (χ3v) is 4.39. The van der Waals surface area contributed by atoms with Gasteiger partial charge in [-0.25, -0.2) is 0 Å². The first-order valence-electron chi connectivity index (χ1n) is 8.73. The van der Waals surface area contributed by atoms with Crippen LogP contribution >= 0.6 is 11.6 Å². The average Bonchev–Trinajstić information content (AvgIpc) is 2.70. The number of carbonyl (C=O) groups is 2. The summed E-state index contributed by atoms with van der Waals surface area (Å²) < 4.78 is 10.7. The number of nitrogens with zero attached hydrogens (tertiary/aromatic N) is 1. The van der Waals surface area contributed by atoms with E-state index in [2.05, 4.69) is 5.32 Å². The summed E-state index contributed by atoms with van der Waals surface area (Å²) >= 11 is 5.81. The van der Waals surface area contributed by atoms with Gasteiger partial charge in [0.05, 0.1) is 19.6 Å². The number of benzene rings is 2. The predicted octanol–water partition coefficient (Wildman–Crippen LogP) is 2.76. The highest BCUT2D eigenvalue weighted by molar-refractivity contribution is 6.30. The van der Waals surface area contributed by atoms with Crippen LogP contribution < -0.4 is 10.1 Å². The van der Waals surface area contributed by atoms with Gasteiger partial charge in [-0.05, 0) is 42.0 Å². The molecule has 6 nitrogen and oxygen atoms in total. The topological polar surface area (TPSA) is 67.9 Å². The highest BCUT2D eigenvalue weighted by Gasteiger charge is 2.16. The lowest BCUT2D eigenvalue weighted by Gasteiger charge is -2.26. The highest BCUT2D eigenvalue weighted by atomic mass is 35.5. The number of anilines is 1. The van der Waals surface area contributed by atoms with Crippen LogP contribution in [0.4, 0.5) is 5.69 Å². The van der Waals surface area contributed by atoms with Crippen molar-refractivity contribution in [1.29, 1.82) is 0 Å². The van der Waals surface area contributed by atoms with Gasteiger partial charge in [0.2, 0.25) is 5.91 Å². The Hall–Kier alpha value is -2.57. The number of hydrogen-bond acceptors (Lipinski definition) is 4. The minimum absolute atomic E-state index is 0.0893. The molecule has 0 unspecified atom stereocenters. The van der Waals surface area contributed by atoms with E-state index >= 15 is 0 Å². The summed E-state index contributed by atoms with van der Waals surface area (Å²) in [4.78, 5) is 26.0. The van der Waals surface area contributed by atoms with Crippen molar-refractivity contribution in [1.82, 2.24) is 4.90 Å². The maximum Gasteiger partial charge on any atom is 0.262 e. The number of morpholine rings is 1. The summed E-state index contributed by atoms with van der Waals surface area (Å²) in [5, 5.41) is 3.38. The Balaban J connectivity index is 1.45. The largest absolute Gasteiger partial charge is 0.484 e. The van der Waals surface area contributed by atoms with Gasteiger partial charge < -0.3 is 19.7 Å². The Morgan fingerprint density at radius 2 is 1.70 bits per heavy atom. The maximum absolute atomic E-state index is 12.2. The molecular weight excluding hydrogens is 368 g/mol. The lowest BCUT2D eigenvalue weighted by atomic mass is 10.1. The molecule has 7 heteroatoms. The first-order valence-corrected chi connectivity index (χ1v) is 9.10. The molecule has 1 aliphatic rings. The van der Waals surface area contributed by atoms with E-state index in [1.807, 2.05) is 17.0 Å². The summed E-state index contributed by atoms with van der Waals surface area (Å²) in [6.07, 6.45) is 0.341. The third kappa shape index (κ3) is 5.98. The molecule has 1 aliphatic heterocycles. The Kier molecular flexibility index (Phi) is 6.68. The molecule has 2 aromatic carbocycles. The van der Waals surface area contributed by atoms with Crippen LogP contribution in [0.2, 0.25) is 5.02 Å². The summed E-state index contributed by atoms with van der Waals surface area (Å²) in [7, 11) is 0. The fourth-order valence-electron chi connectivity index (χ4n) is 2.68. The highest BCUT2D eigenvalue weighted by Crippen LogP contribution is 2.16. The minimum atomic E-state index is -0.262. The van der Waals surface area contributed by atoms with Crippen molar-refractivity contribution in [3.8, 4) is 5.75 Å². The van der Waals surface area contributed by atoms with Crippen molar-refractivity contribution < 1.29 is 19.1 Å². The van der Waals surface area contributed by atoms with Crippen molar-refractivity contribution >= 4 is 29.1 Å². The van der Waals surface area contributed by atoms with Crippen LogP contribution in [-0.4, -0.2) is 49.6 Å². The molecule has 27 heavy (non-hydrogen) atoms. The SMILES string of the molecule is O=C(COc1ccc(Cl)cc1)Nc1ccc(CC(=O)N2CCOCC2)cc1. The van der Waals surface area contributed by atoms with Gasteiger partial charge in [0, 0.05) is 23.8 Å². The second-order valence-corrected chi connectivity index (χ2v) is 6.59. The molecule has 0 bridgehead atoms. The van der Waals surface area contributed by atoms with Crippen LogP contribution in [0.3, 0.4) is 0 Å². The van der Waals surface area contributed by atoms with E-state index in [-0.39, 0.29) is 18.4 Å². The fourth-order valence-corrected chi connectivity index (χ4v) is 2.81. The van der Waals surface area contributed by atoms with Gasteiger partial charge in [-0.2, -0.15) is 0 Å². The second kappa shape index (κ2) is 9.39. The second-order valence-electron chi connectivity index (χ2n) is 6.16. The van der Waals surface area contributed by atoms with Crippen LogP contribution in [0.5, 0.6) is 5.75 Å². The lowest BCUT2D eigenvalue weighted by Crippen LogP contribution is -2.41. The first-order chi connectivity index (χ1) is 13.1. The molecule has 1 saturated heterocycles. The quantitative estimate of drug-likeness (QED) is 0.826. The van der Waals surface area contributed by atoms with Gasteiger partial charge in [0.25, 0.3) is 5.91 Å². The molecular formula is C20H21ClN2O4. The Labute approximate surface area is 163 Å². The number of halogens is 1. The monoisotopic (exact) mass is 388 g/mol. The van der Waals surface area contributed by atoms with Gasteiger partial charge in [-0.15, -0.1) is 0 Å². The summed E-state index contributed by atoms with van der Waals surface area (Å²) in [6, 6.07) is 14.1. The lowest BCUT2D eigenvalue weighted by molar-refractivity contribution is -0.134. The summed E-state index contributed by atoms with van der Waals surface area (Å²) in [6.45, 7) is 2.36. The molecule has 0 radical (unpaired) electrons. The van der Waals surface area contributed by atoms with Gasteiger partial charge >= 0.3 is 0 Å². The zero-order chi connectivity index (χ0) is 19.1.